The van der Waals surface area contributed by atoms with Crippen molar-refractivity contribution >= 4 is 5.91 Å². The smallest absolute Gasteiger partial charge is 0.236 e. The summed E-state index contributed by atoms with van der Waals surface area (Å²) in [7, 11) is 0. The highest BCUT2D eigenvalue weighted by atomic mass is 16.2. The minimum absolute atomic E-state index is 0.225. The summed E-state index contributed by atoms with van der Waals surface area (Å²) in [5.41, 5.74) is 1.22. The fourth-order valence-electron chi connectivity index (χ4n) is 2.18. The predicted octanol–water partition coefficient (Wildman–Crippen LogP) is 1.96. The number of nitrogens with zero attached hydrogens (tertiary/aromatic N) is 1. The zero-order chi connectivity index (χ0) is 12.1. The lowest BCUT2D eigenvalue weighted by atomic mass is 10.1. The van der Waals surface area contributed by atoms with E-state index in [2.05, 4.69) is 24.4 Å². The molecule has 0 aliphatic carbocycles. The van der Waals surface area contributed by atoms with E-state index in [-0.39, 0.29) is 11.9 Å². The van der Waals surface area contributed by atoms with Gasteiger partial charge in [0.2, 0.25) is 5.91 Å². The van der Waals surface area contributed by atoms with Gasteiger partial charge in [0.1, 0.15) is 0 Å². The molecule has 1 atom stereocenters. The van der Waals surface area contributed by atoms with Crippen molar-refractivity contribution < 1.29 is 4.79 Å². The maximum atomic E-state index is 11.8. The molecule has 1 N–H and O–H groups in total. The molecule has 0 aromatic heterocycles. The number of rotatable bonds is 4. The van der Waals surface area contributed by atoms with Gasteiger partial charge in [0, 0.05) is 19.1 Å². The van der Waals surface area contributed by atoms with Gasteiger partial charge < -0.3 is 10.2 Å². The van der Waals surface area contributed by atoms with Crippen LogP contribution in [0.5, 0.6) is 0 Å². The first-order valence-electron chi connectivity index (χ1n) is 6.33. The largest absolute Gasteiger partial charge is 0.342 e. The van der Waals surface area contributed by atoms with Gasteiger partial charge in [-0.05, 0) is 25.3 Å². The Hall–Kier alpha value is -1.35. The number of hydrogen-bond donors (Lipinski definition) is 1. The first-order valence-corrected chi connectivity index (χ1v) is 6.33. The third kappa shape index (κ3) is 3.30. The van der Waals surface area contributed by atoms with E-state index in [1.165, 1.54) is 5.56 Å². The number of carbonyl (C=O) groups is 1. The van der Waals surface area contributed by atoms with Gasteiger partial charge in [-0.15, -0.1) is 0 Å². The highest BCUT2D eigenvalue weighted by molar-refractivity contribution is 5.78. The molecular weight excluding hydrogens is 212 g/mol. The number of benzene rings is 1. The number of hydrogen-bond acceptors (Lipinski definition) is 2. The van der Waals surface area contributed by atoms with Crippen molar-refractivity contribution in [2.75, 3.05) is 19.6 Å². The summed E-state index contributed by atoms with van der Waals surface area (Å²) >= 11 is 0. The lowest BCUT2D eigenvalue weighted by molar-refractivity contribution is -0.129. The molecule has 1 aliphatic rings. The van der Waals surface area contributed by atoms with E-state index in [9.17, 15) is 4.79 Å². The second-order valence-electron chi connectivity index (χ2n) is 4.60. The van der Waals surface area contributed by atoms with Gasteiger partial charge >= 0.3 is 0 Å². The van der Waals surface area contributed by atoms with Crippen LogP contribution in [0.15, 0.2) is 30.3 Å². The minimum atomic E-state index is 0.225. The van der Waals surface area contributed by atoms with Gasteiger partial charge in [-0.2, -0.15) is 0 Å². The van der Waals surface area contributed by atoms with Crippen LogP contribution >= 0.6 is 0 Å². The summed E-state index contributed by atoms with van der Waals surface area (Å²) in [6, 6.07) is 10.4. The Balaban J connectivity index is 1.80. The van der Waals surface area contributed by atoms with Crippen LogP contribution in [-0.2, 0) is 4.79 Å². The predicted molar refractivity (Wildman–Crippen MR) is 68.7 cm³/mol. The third-order valence-electron chi connectivity index (χ3n) is 3.32. The Morgan fingerprint density at radius 2 is 1.94 bits per heavy atom. The molecule has 1 aromatic carbocycles. The van der Waals surface area contributed by atoms with E-state index < -0.39 is 0 Å². The number of carbonyl (C=O) groups excluding carboxylic acids is 1. The van der Waals surface area contributed by atoms with E-state index in [0.29, 0.717) is 6.54 Å². The molecule has 0 saturated carbocycles. The molecule has 92 valence electrons. The second kappa shape index (κ2) is 5.82. The van der Waals surface area contributed by atoms with Crippen LogP contribution in [0.3, 0.4) is 0 Å². The summed E-state index contributed by atoms with van der Waals surface area (Å²) in [5.74, 6) is 0.227. The molecule has 1 fully saturated rings. The summed E-state index contributed by atoms with van der Waals surface area (Å²) in [4.78, 5) is 13.8. The molecule has 1 aliphatic heterocycles. The molecule has 0 unspecified atom stereocenters. The van der Waals surface area contributed by atoms with Gasteiger partial charge in [0.25, 0.3) is 0 Å². The van der Waals surface area contributed by atoms with E-state index in [0.717, 1.165) is 25.9 Å². The van der Waals surface area contributed by atoms with Gasteiger partial charge in [0.05, 0.1) is 6.54 Å². The number of amides is 1. The van der Waals surface area contributed by atoms with Crippen molar-refractivity contribution in [3.8, 4) is 0 Å². The topological polar surface area (TPSA) is 32.3 Å². The summed E-state index contributed by atoms with van der Waals surface area (Å²) < 4.78 is 0. The van der Waals surface area contributed by atoms with Crippen LogP contribution in [0.4, 0.5) is 0 Å². The van der Waals surface area contributed by atoms with Crippen LogP contribution in [0.2, 0.25) is 0 Å². The Bertz CT molecular complexity index is 358. The second-order valence-corrected chi connectivity index (χ2v) is 4.60. The van der Waals surface area contributed by atoms with E-state index in [1.807, 2.05) is 23.1 Å². The molecule has 0 spiro atoms. The average molecular weight is 232 g/mol. The molecule has 1 aromatic rings. The fraction of sp³-hybridized carbons (Fsp3) is 0.500. The zero-order valence-electron chi connectivity index (χ0n) is 10.4. The van der Waals surface area contributed by atoms with Crippen LogP contribution in [0, 0.1) is 0 Å². The van der Waals surface area contributed by atoms with Gasteiger partial charge in [0.15, 0.2) is 0 Å². The Kier molecular flexibility index (Phi) is 4.15. The van der Waals surface area contributed by atoms with Crippen LogP contribution in [0.1, 0.15) is 31.4 Å². The Labute approximate surface area is 103 Å². The standard InChI is InChI=1S/C14H20N2O/c1-12(13-7-3-2-4-8-13)15-11-14(17)16-9-5-6-10-16/h2-4,7-8,12,15H,5-6,9-11H2,1H3/t12-/m0/s1. The highest BCUT2D eigenvalue weighted by Gasteiger charge is 2.17. The molecule has 0 bridgehead atoms. The molecule has 3 heteroatoms. The van der Waals surface area contributed by atoms with Crippen molar-refractivity contribution in [3.63, 3.8) is 0 Å². The van der Waals surface area contributed by atoms with E-state index >= 15 is 0 Å². The zero-order valence-corrected chi connectivity index (χ0v) is 10.4. The molecule has 1 amide bonds. The third-order valence-corrected chi connectivity index (χ3v) is 3.32. The van der Waals surface area contributed by atoms with Crippen molar-refractivity contribution in [3.05, 3.63) is 35.9 Å². The SMILES string of the molecule is C[C@H](NCC(=O)N1CCCC1)c1ccccc1. The van der Waals surface area contributed by atoms with Crippen LogP contribution in [-0.4, -0.2) is 30.4 Å². The number of nitrogens with one attached hydrogen (secondary N) is 1. The average Bonchev–Trinajstić information content (AvgIpc) is 2.90. The molecule has 1 saturated heterocycles. The van der Waals surface area contributed by atoms with Gasteiger partial charge in [-0.25, -0.2) is 0 Å². The monoisotopic (exact) mass is 232 g/mol. The Morgan fingerprint density at radius 1 is 1.29 bits per heavy atom. The van der Waals surface area contributed by atoms with Crippen molar-refractivity contribution in [1.29, 1.82) is 0 Å². The van der Waals surface area contributed by atoms with E-state index in [1.54, 1.807) is 0 Å². The highest BCUT2D eigenvalue weighted by Crippen LogP contribution is 2.11. The first-order chi connectivity index (χ1) is 8.27. The summed E-state index contributed by atoms with van der Waals surface area (Å²) in [5, 5.41) is 3.28. The van der Waals surface area contributed by atoms with Crippen molar-refractivity contribution in [1.82, 2.24) is 10.2 Å². The van der Waals surface area contributed by atoms with Crippen molar-refractivity contribution in [2.24, 2.45) is 0 Å². The Morgan fingerprint density at radius 3 is 2.59 bits per heavy atom. The van der Waals surface area contributed by atoms with Crippen molar-refractivity contribution in [2.45, 2.75) is 25.8 Å². The molecule has 2 rings (SSSR count). The quantitative estimate of drug-likeness (QED) is 0.860. The van der Waals surface area contributed by atoms with Gasteiger partial charge in [-0.3, -0.25) is 4.79 Å². The maximum Gasteiger partial charge on any atom is 0.236 e. The van der Waals surface area contributed by atoms with Gasteiger partial charge in [-0.1, -0.05) is 30.3 Å². The van der Waals surface area contributed by atoms with Crippen LogP contribution < -0.4 is 5.32 Å². The molecule has 17 heavy (non-hydrogen) atoms. The van der Waals surface area contributed by atoms with E-state index in [4.69, 9.17) is 0 Å². The normalized spacial score (nSPS) is 17.1. The molecule has 0 radical (unpaired) electrons. The van der Waals surface area contributed by atoms with Crippen LogP contribution in [0.25, 0.3) is 0 Å². The molecular formula is C14H20N2O. The minimum Gasteiger partial charge on any atom is -0.342 e. The lowest BCUT2D eigenvalue weighted by Gasteiger charge is -2.18. The fourth-order valence-corrected chi connectivity index (χ4v) is 2.18. The lowest BCUT2D eigenvalue weighted by Crippen LogP contribution is -2.37. The number of likely N-dealkylation sites (tertiary alicyclic amines) is 1. The summed E-state index contributed by atoms with van der Waals surface area (Å²) in [6.45, 7) is 4.39. The molecule has 3 nitrogen and oxygen atoms in total. The first kappa shape index (κ1) is 12.1. The maximum absolute atomic E-state index is 11.8. The summed E-state index contributed by atoms with van der Waals surface area (Å²) in [6.07, 6.45) is 2.31. The molecule has 1 heterocycles.